The van der Waals surface area contributed by atoms with E-state index in [-0.39, 0.29) is 0 Å². The van der Waals surface area contributed by atoms with Gasteiger partial charge in [-0.25, -0.2) is 0 Å². The highest BCUT2D eigenvalue weighted by atomic mass is 79.9. The molecule has 0 fully saturated rings. The van der Waals surface area contributed by atoms with Crippen LogP contribution in [0, 0.1) is 0 Å². The van der Waals surface area contributed by atoms with Crippen LogP contribution < -0.4 is 5.01 Å². The highest BCUT2D eigenvalue weighted by molar-refractivity contribution is 9.12. The molecule has 96 valence electrons. The molecule has 0 saturated heterocycles. The molecule has 2 aromatic carbocycles. The molecule has 0 radical (unpaired) electrons. The minimum absolute atomic E-state index is 0.932. The second-order valence-corrected chi connectivity index (χ2v) is 4.96. The lowest BCUT2D eigenvalue weighted by Crippen LogP contribution is -2.08. The zero-order chi connectivity index (χ0) is 13.5. The van der Waals surface area contributed by atoms with Gasteiger partial charge in [0.15, 0.2) is 0 Å². The van der Waals surface area contributed by atoms with Gasteiger partial charge in [-0.05, 0) is 39.7 Å². The molecule has 0 saturated carbocycles. The van der Waals surface area contributed by atoms with Gasteiger partial charge >= 0.3 is 0 Å². The minimum Gasteiger partial charge on any atom is -0.269 e. The normalized spacial score (nSPS) is 11.8. The summed E-state index contributed by atoms with van der Waals surface area (Å²) in [7, 11) is 1.93. The molecule has 3 heteroatoms. The smallest absolute Gasteiger partial charge is 0.0617 e. The Morgan fingerprint density at radius 2 is 1.58 bits per heavy atom. The van der Waals surface area contributed by atoms with Crippen LogP contribution in [0.3, 0.4) is 0 Å². The Hall–Kier alpha value is -1.87. The summed E-state index contributed by atoms with van der Waals surface area (Å²) in [6.45, 7) is 0. The lowest BCUT2D eigenvalue weighted by atomic mass is 10.2. The number of hydrogen-bond acceptors (Lipinski definition) is 2. The standard InChI is InChI=1S/C16H15BrN2/c1-19(16-10-6-3-7-11-16)18-13-15(17)12-14-8-4-2-5-9-14/h2-13H,1H3/b15-12-,18-13-. The lowest BCUT2D eigenvalue weighted by Gasteiger charge is -2.11. The van der Waals surface area contributed by atoms with E-state index in [1.165, 1.54) is 0 Å². The van der Waals surface area contributed by atoms with E-state index >= 15 is 0 Å². The van der Waals surface area contributed by atoms with E-state index in [4.69, 9.17) is 0 Å². The molecular weight excluding hydrogens is 300 g/mol. The third-order valence-electron chi connectivity index (χ3n) is 2.59. The van der Waals surface area contributed by atoms with Crippen LogP contribution >= 0.6 is 15.9 Å². The van der Waals surface area contributed by atoms with Crippen molar-refractivity contribution in [2.75, 3.05) is 12.1 Å². The molecule has 0 aromatic heterocycles. The average molecular weight is 315 g/mol. The summed E-state index contributed by atoms with van der Waals surface area (Å²) in [6, 6.07) is 20.2. The number of hydrogen-bond donors (Lipinski definition) is 0. The second-order valence-electron chi connectivity index (χ2n) is 4.04. The van der Waals surface area contributed by atoms with Gasteiger partial charge in [0.25, 0.3) is 0 Å². The summed E-state index contributed by atoms with van der Waals surface area (Å²) >= 11 is 3.50. The Bertz CT molecular complexity index is 562. The minimum atomic E-state index is 0.932. The number of anilines is 1. The first kappa shape index (κ1) is 13.6. The van der Waals surface area contributed by atoms with Gasteiger partial charge in [0, 0.05) is 11.5 Å². The van der Waals surface area contributed by atoms with Crippen LogP contribution in [0.5, 0.6) is 0 Å². The van der Waals surface area contributed by atoms with E-state index < -0.39 is 0 Å². The summed E-state index contributed by atoms with van der Waals surface area (Å²) in [4.78, 5) is 0. The van der Waals surface area contributed by atoms with Gasteiger partial charge in [-0.15, -0.1) is 0 Å². The molecule has 0 aliphatic rings. The molecule has 0 spiro atoms. The third kappa shape index (κ3) is 4.38. The highest BCUT2D eigenvalue weighted by Gasteiger charge is 1.95. The van der Waals surface area contributed by atoms with Gasteiger partial charge in [0.2, 0.25) is 0 Å². The summed E-state index contributed by atoms with van der Waals surface area (Å²) in [5.41, 5.74) is 2.20. The Morgan fingerprint density at radius 1 is 1.00 bits per heavy atom. The molecule has 19 heavy (non-hydrogen) atoms. The maximum absolute atomic E-state index is 4.38. The molecule has 0 amide bonds. The van der Waals surface area contributed by atoms with Crippen molar-refractivity contribution in [3.05, 3.63) is 70.7 Å². The van der Waals surface area contributed by atoms with Gasteiger partial charge < -0.3 is 0 Å². The van der Waals surface area contributed by atoms with Gasteiger partial charge in [-0.1, -0.05) is 48.5 Å². The molecule has 0 heterocycles. The number of rotatable bonds is 4. The van der Waals surface area contributed by atoms with E-state index in [1.807, 2.05) is 66.7 Å². The Balaban J connectivity index is 2.04. The zero-order valence-corrected chi connectivity index (χ0v) is 12.3. The predicted molar refractivity (Wildman–Crippen MR) is 86.7 cm³/mol. The summed E-state index contributed by atoms with van der Waals surface area (Å²) in [5, 5.41) is 6.22. The molecule has 0 N–H and O–H groups in total. The zero-order valence-electron chi connectivity index (χ0n) is 10.7. The Kier molecular flexibility index (Phi) is 4.93. The monoisotopic (exact) mass is 314 g/mol. The van der Waals surface area contributed by atoms with Crippen molar-refractivity contribution in [3.63, 3.8) is 0 Å². The van der Waals surface area contributed by atoms with Crippen molar-refractivity contribution in [2.24, 2.45) is 5.10 Å². The first-order chi connectivity index (χ1) is 9.25. The fraction of sp³-hybridized carbons (Fsp3) is 0.0625. The number of para-hydroxylation sites is 1. The van der Waals surface area contributed by atoms with E-state index in [9.17, 15) is 0 Å². The summed E-state index contributed by atoms with van der Waals surface area (Å²) in [5.74, 6) is 0. The van der Waals surface area contributed by atoms with Gasteiger partial charge in [0.1, 0.15) is 0 Å². The molecule has 0 aliphatic heterocycles. The Labute approximate surface area is 122 Å². The van der Waals surface area contributed by atoms with Crippen LogP contribution in [-0.2, 0) is 0 Å². The van der Waals surface area contributed by atoms with Crippen molar-refractivity contribution in [3.8, 4) is 0 Å². The fourth-order valence-electron chi connectivity index (χ4n) is 1.60. The SMILES string of the molecule is CN(/N=C\C(Br)=C\c1ccccc1)c1ccccc1. The summed E-state index contributed by atoms with van der Waals surface area (Å²) < 4.78 is 0.932. The molecule has 0 unspecified atom stereocenters. The molecular formula is C16H15BrN2. The number of halogens is 1. The van der Waals surface area contributed by atoms with Crippen LogP contribution in [0.15, 0.2) is 70.2 Å². The number of nitrogens with zero attached hydrogens (tertiary/aromatic N) is 2. The van der Waals surface area contributed by atoms with Gasteiger partial charge in [-0.3, -0.25) is 5.01 Å². The lowest BCUT2D eigenvalue weighted by molar-refractivity contribution is 1.03. The number of hydrazone groups is 1. The largest absolute Gasteiger partial charge is 0.269 e. The molecule has 2 aromatic rings. The van der Waals surface area contributed by atoms with Crippen LogP contribution in [0.1, 0.15) is 5.56 Å². The first-order valence-electron chi connectivity index (χ1n) is 6.01. The predicted octanol–water partition coefficient (Wildman–Crippen LogP) is 4.54. The molecule has 0 atom stereocenters. The molecule has 0 aliphatic carbocycles. The van der Waals surface area contributed by atoms with Gasteiger partial charge in [0.05, 0.1) is 11.9 Å². The highest BCUT2D eigenvalue weighted by Crippen LogP contribution is 2.13. The fourth-order valence-corrected chi connectivity index (χ4v) is 1.95. The maximum Gasteiger partial charge on any atom is 0.0617 e. The van der Waals surface area contributed by atoms with E-state index in [2.05, 4.69) is 33.2 Å². The number of benzene rings is 2. The van der Waals surface area contributed by atoms with Crippen molar-refractivity contribution >= 4 is 33.9 Å². The van der Waals surface area contributed by atoms with Crippen LogP contribution in [0.4, 0.5) is 5.69 Å². The van der Waals surface area contributed by atoms with Crippen LogP contribution in [0.2, 0.25) is 0 Å². The maximum atomic E-state index is 4.38. The van der Waals surface area contributed by atoms with Crippen LogP contribution in [0.25, 0.3) is 6.08 Å². The van der Waals surface area contributed by atoms with Gasteiger partial charge in [-0.2, -0.15) is 5.10 Å². The first-order valence-corrected chi connectivity index (χ1v) is 6.80. The summed E-state index contributed by atoms with van der Waals surface area (Å²) in [6.07, 6.45) is 3.82. The van der Waals surface area contributed by atoms with Crippen molar-refractivity contribution in [1.29, 1.82) is 0 Å². The third-order valence-corrected chi connectivity index (χ3v) is 3.02. The number of allylic oxidation sites excluding steroid dienone is 1. The van der Waals surface area contributed by atoms with Crippen molar-refractivity contribution < 1.29 is 0 Å². The quantitative estimate of drug-likeness (QED) is 0.597. The molecule has 2 nitrogen and oxygen atoms in total. The molecule has 2 rings (SSSR count). The van der Waals surface area contributed by atoms with E-state index in [0.29, 0.717) is 0 Å². The average Bonchev–Trinajstić information content (AvgIpc) is 2.47. The second kappa shape index (κ2) is 6.90. The topological polar surface area (TPSA) is 15.6 Å². The molecule has 0 bridgehead atoms. The Morgan fingerprint density at radius 3 is 2.21 bits per heavy atom. The van der Waals surface area contributed by atoms with E-state index in [0.717, 1.165) is 15.7 Å². The van der Waals surface area contributed by atoms with Crippen LogP contribution in [-0.4, -0.2) is 13.3 Å². The van der Waals surface area contributed by atoms with E-state index in [1.54, 1.807) is 6.21 Å². The van der Waals surface area contributed by atoms with Crippen molar-refractivity contribution in [2.45, 2.75) is 0 Å². The van der Waals surface area contributed by atoms with Crippen molar-refractivity contribution in [1.82, 2.24) is 0 Å².